The molecule has 5 saturated carbocycles. The fourth-order valence-corrected chi connectivity index (χ4v) is 13.1. The van der Waals surface area contributed by atoms with Crippen molar-refractivity contribution in [1.29, 1.82) is 0 Å². The largest absolute Gasteiger partial charge is 0.466 e. The monoisotopic (exact) mass is 743 g/mol. The lowest BCUT2D eigenvalue weighted by atomic mass is 9.43. The van der Waals surface area contributed by atoms with E-state index in [1.807, 2.05) is 0 Å². The van der Waals surface area contributed by atoms with Crippen LogP contribution in [0.4, 0.5) is 0 Å². The molecule has 5 aliphatic carbocycles. The smallest absolute Gasteiger partial charge is 0.308 e. The lowest BCUT2D eigenvalue weighted by Gasteiger charge is -2.62. The Bertz CT molecular complexity index is 1160. The van der Waals surface area contributed by atoms with Gasteiger partial charge < -0.3 is 20.1 Å². The van der Waals surface area contributed by atoms with Crippen molar-refractivity contribution >= 4 is 11.8 Å². The summed E-state index contributed by atoms with van der Waals surface area (Å²) in [6.45, 7) is 11.6. The fraction of sp³-hybridized carbons (Fsp3) is 0.957. The molecule has 5 aliphatic rings. The van der Waals surface area contributed by atoms with Crippen LogP contribution in [0.3, 0.4) is 0 Å². The molecule has 0 aromatic rings. The highest BCUT2D eigenvalue weighted by molar-refractivity contribution is 5.79. The Hall–Kier alpha value is -0.980. The summed E-state index contributed by atoms with van der Waals surface area (Å²) in [5.41, 5.74) is -2.16. The maximum absolute atomic E-state index is 13.6. The zero-order valence-electron chi connectivity index (χ0n) is 34.9. The van der Waals surface area contributed by atoms with E-state index in [0.717, 1.165) is 51.4 Å². The molecule has 0 aromatic carbocycles. The van der Waals surface area contributed by atoms with Gasteiger partial charge in [0, 0.05) is 18.3 Å². The zero-order valence-corrected chi connectivity index (χ0v) is 34.9. The molecule has 5 fully saturated rings. The summed E-state index contributed by atoms with van der Waals surface area (Å²) in [6, 6.07) is 0. The number of hydrogen-bond acceptors (Lipinski definition) is 6. The minimum Gasteiger partial charge on any atom is -0.466 e. The van der Waals surface area contributed by atoms with Gasteiger partial charge in [-0.3, -0.25) is 9.59 Å². The quantitative estimate of drug-likeness (QED) is 0.0711. The number of ketones is 1. The third-order valence-corrected chi connectivity index (χ3v) is 16.7. The first kappa shape index (κ1) is 43.1. The summed E-state index contributed by atoms with van der Waals surface area (Å²) >= 11 is 0. The van der Waals surface area contributed by atoms with E-state index in [1.54, 1.807) is 0 Å². The molecule has 5 rings (SSSR count). The summed E-state index contributed by atoms with van der Waals surface area (Å²) in [4.78, 5) is 26.0. The van der Waals surface area contributed by atoms with E-state index in [9.17, 15) is 24.9 Å². The molecular formula is C47H82O6. The fourth-order valence-electron chi connectivity index (χ4n) is 13.1. The van der Waals surface area contributed by atoms with Crippen LogP contribution in [-0.2, 0) is 14.3 Å². The molecule has 6 nitrogen and oxygen atoms in total. The number of Topliss-reactive ketones (excluding diaryl/α,β-unsaturated/α-hetero) is 1. The third-order valence-electron chi connectivity index (χ3n) is 16.7. The van der Waals surface area contributed by atoms with Gasteiger partial charge in [-0.1, -0.05) is 125 Å². The molecule has 0 aliphatic heterocycles. The highest BCUT2D eigenvalue weighted by Crippen LogP contribution is 2.69. The van der Waals surface area contributed by atoms with Gasteiger partial charge >= 0.3 is 5.97 Å². The summed E-state index contributed by atoms with van der Waals surface area (Å²) in [6.07, 6.45) is 25.7. The molecule has 0 saturated heterocycles. The van der Waals surface area contributed by atoms with Crippen LogP contribution in [0, 0.1) is 58.2 Å². The van der Waals surface area contributed by atoms with Gasteiger partial charge in [0.2, 0.25) is 0 Å². The van der Waals surface area contributed by atoms with Crippen LogP contribution in [-0.4, -0.2) is 51.5 Å². The lowest BCUT2D eigenvalue weighted by molar-refractivity contribution is -0.212. The highest BCUT2D eigenvalue weighted by atomic mass is 16.5. The highest BCUT2D eigenvalue weighted by Gasteiger charge is 2.67. The van der Waals surface area contributed by atoms with Gasteiger partial charge in [0.25, 0.3) is 0 Å². The van der Waals surface area contributed by atoms with Gasteiger partial charge in [0.05, 0.1) is 25.2 Å². The molecule has 0 bridgehead atoms. The number of hydrogen-bond donors (Lipinski definition) is 3. The van der Waals surface area contributed by atoms with E-state index in [0.29, 0.717) is 74.1 Å². The molecule has 306 valence electrons. The first-order valence-electron chi connectivity index (χ1n) is 23.1. The van der Waals surface area contributed by atoms with Crippen molar-refractivity contribution in [2.24, 2.45) is 58.2 Å². The average molecular weight is 743 g/mol. The molecule has 0 radical (unpaired) electrons. The lowest BCUT2D eigenvalue weighted by Crippen LogP contribution is -2.63. The van der Waals surface area contributed by atoms with Crippen molar-refractivity contribution in [1.82, 2.24) is 0 Å². The number of unbranched alkanes of at least 4 members (excludes halogenated alkanes) is 14. The molecular weight excluding hydrogens is 661 g/mol. The number of esters is 1. The summed E-state index contributed by atoms with van der Waals surface area (Å²) in [5.74, 6) is 2.50. The van der Waals surface area contributed by atoms with E-state index in [4.69, 9.17) is 4.74 Å². The predicted molar refractivity (Wildman–Crippen MR) is 214 cm³/mol. The predicted octanol–water partition coefficient (Wildman–Crippen LogP) is 10.8. The van der Waals surface area contributed by atoms with Crippen molar-refractivity contribution in [3.05, 3.63) is 0 Å². The molecule has 6 heteroatoms. The number of aliphatic hydroxyl groups is 3. The molecule has 53 heavy (non-hydrogen) atoms. The molecule has 0 spiro atoms. The van der Waals surface area contributed by atoms with E-state index in [-0.39, 0.29) is 29.6 Å². The van der Waals surface area contributed by atoms with E-state index in [2.05, 4.69) is 34.6 Å². The molecule has 0 amide bonds. The molecule has 3 N–H and O–H groups in total. The second-order valence-corrected chi connectivity index (χ2v) is 20.1. The number of fused-ring (bicyclic) bond motifs is 5. The number of ether oxygens (including phenoxy) is 1. The van der Waals surface area contributed by atoms with Crippen LogP contribution in [0.5, 0.6) is 0 Å². The van der Waals surface area contributed by atoms with Crippen LogP contribution in [0.1, 0.15) is 202 Å². The molecule has 13 unspecified atom stereocenters. The van der Waals surface area contributed by atoms with E-state index < -0.39 is 29.2 Å². The van der Waals surface area contributed by atoms with Crippen LogP contribution >= 0.6 is 0 Å². The second-order valence-electron chi connectivity index (χ2n) is 20.1. The molecule has 13 atom stereocenters. The molecule has 0 aromatic heterocycles. The minimum absolute atomic E-state index is 0.0696. The van der Waals surface area contributed by atoms with Crippen molar-refractivity contribution in [2.45, 2.75) is 219 Å². The van der Waals surface area contributed by atoms with Crippen LogP contribution in [0.2, 0.25) is 0 Å². The van der Waals surface area contributed by atoms with Crippen molar-refractivity contribution in [2.75, 3.05) is 6.61 Å². The van der Waals surface area contributed by atoms with Gasteiger partial charge in [0.1, 0.15) is 11.4 Å². The Morgan fingerprint density at radius 3 is 2.04 bits per heavy atom. The second kappa shape index (κ2) is 19.4. The Morgan fingerprint density at radius 1 is 0.868 bits per heavy atom. The normalized spacial score (nSPS) is 37.2. The Balaban J connectivity index is 1.12. The van der Waals surface area contributed by atoms with Gasteiger partial charge in [-0.15, -0.1) is 0 Å². The Kier molecular flexibility index (Phi) is 15.8. The number of rotatable bonds is 23. The third kappa shape index (κ3) is 10.1. The summed E-state index contributed by atoms with van der Waals surface area (Å²) in [5, 5.41) is 37.0. The van der Waals surface area contributed by atoms with Crippen LogP contribution in [0.25, 0.3) is 0 Å². The van der Waals surface area contributed by atoms with Crippen LogP contribution in [0.15, 0.2) is 0 Å². The first-order chi connectivity index (χ1) is 25.4. The van der Waals surface area contributed by atoms with Crippen molar-refractivity contribution < 1.29 is 29.6 Å². The van der Waals surface area contributed by atoms with E-state index >= 15 is 0 Å². The first-order valence-corrected chi connectivity index (χ1v) is 23.1. The maximum Gasteiger partial charge on any atom is 0.308 e. The maximum atomic E-state index is 13.6. The van der Waals surface area contributed by atoms with E-state index in [1.165, 1.54) is 77.0 Å². The minimum atomic E-state index is -1.64. The summed E-state index contributed by atoms with van der Waals surface area (Å²) in [7, 11) is 0. The van der Waals surface area contributed by atoms with Gasteiger partial charge in [-0.25, -0.2) is 0 Å². The summed E-state index contributed by atoms with van der Waals surface area (Å²) < 4.78 is 5.81. The molecule has 0 heterocycles. The SMILES string of the molecule is CCCCCCCCCCCCCCCCCOC(=O)CC(O)(C(O)CC(C)C1CC1C)C1CCC2C3CCC4CC(=O)CCC4(C)C3CC(O)C21C. The average Bonchev–Trinajstić information content (AvgIpc) is 3.75. The Morgan fingerprint density at radius 2 is 1.45 bits per heavy atom. The topological polar surface area (TPSA) is 104 Å². The standard InChI is InChI=1S/C47H82O6/c1-6-7-8-9-10-11-12-13-14-15-16-17-18-19-20-27-53-44(51)32-47(52,43(50)29-34(3)38-28-33(38)2)41-24-23-39-37-22-21-35-30-36(48)25-26-45(35,4)40(37)31-42(49)46(39,41)5/h33-35,37-43,49-50,52H,6-32H2,1-5H3. The van der Waals surface area contributed by atoms with Crippen LogP contribution < -0.4 is 0 Å². The van der Waals surface area contributed by atoms with Gasteiger partial charge in [-0.05, 0) is 111 Å². The Labute approximate surface area is 324 Å². The number of carbonyl (C=O) groups excluding carboxylic acids is 2. The zero-order chi connectivity index (χ0) is 38.2. The van der Waals surface area contributed by atoms with Crippen molar-refractivity contribution in [3.8, 4) is 0 Å². The van der Waals surface area contributed by atoms with Gasteiger partial charge in [0.15, 0.2) is 0 Å². The number of carbonyl (C=O) groups is 2. The number of aliphatic hydroxyl groups excluding tert-OH is 2. The van der Waals surface area contributed by atoms with Gasteiger partial charge in [-0.2, -0.15) is 0 Å². The van der Waals surface area contributed by atoms with Crippen molar-refractivity contribution in [3.63, 3.8) is 0 Å².